The number of nitrogens with zero attached hydrogens (tertiary/aromatic N) is 2. The van der Waals surface area contributed by atoms with Gasteiger partial charge in [-0.1, -0.05) is 52.7 Å². The van der Waals surface area contributed by atoms with E-state index >= 15 is 0 Å². The molecule has 1 N–H and O–H groups in total. The van der Waals surface area contributed by atoms with Gasteiger partial charge in [-0.2, -0.15) is 0 Å². The molecule has 174 valence electrons. The molecule has 2 rings (SSSR count). The molecule has 0 unspecified atom stereocenters. The first kappa shape index (κ1) is 25.9. The van der Waals surface area contributed by atoms with E-state index in [1.807, 2.05) is 38.1 Å². The number of carbonyl (C=O) groups is 2. The van der Waals surface area contributed by atoms with E-state index in [4.69, 9.17) is 0 Å². The third kappa shape index (κ3) is 7.34. The first-order valence-corrected chi connectivity index (χ1v) is 13.0. The number of nitrogens with one attached hydrogen (secondary N) is 1. The fourth-order valence-corrected chi connectivity index (χ4v) is 4.20. The number of aryl methyl sites for hydroxylation is 1. The normalized spacial score (nSPS) is 12.2. The Bertz CT molecular complexity index is 1020. The van der Waals surface area contributed by atoms with Gasteiger partial charge in [-0.3, -0.25) is 13.9 Å². The van der Waals surface area contributed by atoms with E-state index in [9.17, 15) is 18.0 Å². The number of carbonyl (C=O) groups excluding carboxylic acids is 2. The van der Waals surface area contributed by atoms with E-state index < -0.39 is 28.5 Å². The minimum atomic E-state index is -3.72. The van der Waals surface area contributed by atoms with Gasteiger partial charge in [0, 0.05) is 17.6 Å². The Balaban J connectivity index is 2.34. The summed E-state index contributed by atoms with van der Waals surface area (Å²) in [6, 6.07) is 13.6. The maximum Gasteiger partial charge on any atom is 0.244 e. The van der Waals surface area contributed by atoms with E-state index in [0.29, 0.717) is 12.2 Å². The van der Waals surface area contributed by atoms with Crippen LogP contribution in [0.15, 0.2) is 53.0 Å². The van der Waals surface area contributed by atoms with Crippen LogP contribution < -0.4 is 9.62 Å². The van der Waals surface area contributed by atoms with Crippen LogP contribution in [0.25, 0.3) is 0 Å². The lowest BCUT2D eigenvalue weighted by Crippen LogP contribution is -2.51. The third-order valence-electron chi connectivity index (χ3n) is 4.98. The van der Waals surface area contributed by atoms with Crippen LogP contribution in [0.4, 0.5) is 5.69 Å². The van der Waals surface area contributed by atoms with Crippen molar-refractivity contribution in [2.75, 3.05) is 23.7 Å². The number of sulfonamides is 1. The highest BCUT2D eigenvalue weighted by molar-refractivity contribution is 9.10. The predicted molar refractivity (Wildman–Crippen MR) is 131 cm³/mol. The SMILES string of the molecule is CCCNC(=O)[C@H](C)N(Cc1ccc(Br)cc1)C(=O)CN(c1ccc(C)cc1)S(C)(=O)=O. The maximum absolute atomic E-state index is 13.4. The van der Waals surface area contributed by atoms with Gasteiger partial charge in [0.1, 0.15) is 12.6 Å². The second kappa shape index (κ2) is 11.5. The molecule has 7 nitrogen and oxygen atoms in total. The molecule has 0 fully saturated rings. The molecular formula is C23H30BrN3O4S. The summed E-state index contributed by atoms with van der Waals surface area (Å²) in [7, 11) is -3.72. The summed E-state index contributed by atoms with van der Waals surface area (Å²) in [4.78, 5) is 27.4. The van der Waals surface area contributed by atoms with Crippen LogP contribution >= 0.6 is 15.9 Å². The molecule has 0 heterocycles. The quantitative estimate of drug-likeness (QED) is 0.516. The van der Waals surface area contributed by atoms with E-state index in [-0.39, 0.29) is 12.5 Å². The number of amides is 2. The van der Waals surface area contributed by atoms with Gasteiger partial charge >= 0.3 is 0 Å². The lowest BCUT2D eigenvalue weighted by atomic mass is 10.1. The molecule has 0 aliphatic heterocycles. The van der Waals surface area contributed by atoms with Gasteiger partial charge in [0.25, 0.3) is 0 Å². The standard InChI is InChI=1S/C23H30BrN3O4S/c1-5-14-25-23(29)18(3)26(15-19-8-10-20(24)11-9-19)22(28)16-27(32(4,30)31)21-12-6-17(2)7-13-21/h6-13,18H,5,14-16H2,1-4H3,(H,25,29)/t18-/m0/s1. The van der Waals surface area contributed by atoms with Crippen molar-refractivity contribution in [2.45, 2.75) is 39.8 Å². The molecule has 2 aromatic rings. The average Bonchev–Trinajstić information content (AvgIpc) is 2.74. The molecule has 0 aromatic heterocycles. The van der Waals surface area contributed by atoms with Crippen molar-refractivity contribution >= 4 is 43.5 Å². The molecule has 0 spiro atoms. The minimum Gasteiger partial charge on any atom is -0.354 e. The molecule has 0 saturated carbocycles. The van der Waals surface area contributed by atoms with E-state index in [1.54, 1.807) is 31.2 Å². The number of rotatable bonds is 10. The van der Waals surface area contributed by atoms with Crippen LogP contribution in [0.5, 0.6) is 0 Å². The summed E-state index contributed by atoms with van der Waals surface area (Å²) in [6.07, 6.45) is 1.84. The Morgan fingerprint density at radius 1 is 1.06 bits per heavy atom. The molecule has 9 heteroatoms. The van der Waals surface area contributed by atoms with Crippen molar-refractivity contribution in [3.63, 3.8) is 0 Å². The molecule has 0 aliphatic rings. The average molecular weight is 524 g/mol. The Morgan fingerprint density at radius 2 is 1.66 bits per heavy atom. The summed E-state index contributed by atoms with van der Waals surface area (Å²) >= 11 is 3.39. The van der Waals surface area contributed by atoms with Gasteiger partial charge in [-0.25, -0.2) is 8.42 Å². The van der Waals surface area contributed by atoms with Crippen molar-refractivity contribution in [3.8, 4) is 0 Å². The molecule has 32 heavy (non-hydrogen) atoms. The van der Waals surface area contributed by atoms with E-state index in [2.05, 4.69) is 21.2 Å². The molecule has 0 radical (unpaired) electrons. The van der Waals surface area contributed by atoms with Crippen LogP contribution in [0.3, 0.4) is 0 Å². The van der Waals surface area contributed by atoms with Crippen molar-refractivity contribution in [3.05, 3.63) is 64.1 Å². The van der Waals surface area contributed by atoms with Crippen molar-refractivity contribution in [1.82, 2.24) is 10.2 Å². The van der Waals surface area contributed by atoms with Gasteiger partial charge in [-0.15, -0.1) is 0 Å². The highest BCUT2D eigenvalue weighted by Crippen LogP contribution is 2.20. The number of hydrogen-bond donors (Lipinski definition) is 1. The van der Waals surface area contributed by atoms with Crippen molar-refractivity contribution < 1.29 is 18.0 Å². The molecular weight excluding hydrogens is 494 g/mol. The number of halogens is 1. The Labute approximate surface area is 199 Å². The minimum absolute atomic E-state index is 0.179. The van der Waals surface area contributed by atoms with Crippen LogP contribution in [0.1, 0.15) is 31.4 Å². The fourth-order valence-electron chi connectivity index (χ4n) is 3.09. The largest absolute Gasteiger partial charge is 0.354 e. The maximum atomic E-state index is 13.4. The van der Waals surface area contributed by atoms with Crippen LogP contribution in [0.2, 0.25) is 0 Å². The van der Waals surface area contributed by atoms with Gasteiger partial charge in [-0.05, 0) is 50.1 Å². The topological polar surface area (TPSA) is 86.8 Å². The fraction of sp³-hybridized carbons (Fsp3) is 0.391. The van der Waals surface area contributed by atoms with Crippen molar-refractivity contribution in [2.24, 2.45) is 0 Å². The number of benzene rings is 2. The predicted octanol–water partition coefficient (Wildman–Crippen LogP) is 3.47. The Kier molecular flexibility index (Phi) is 9.27. The zero-order valence-electron chi connectivity index (χ0n) is 18.8. The molecule has 0 bridgehead atoms. The van der Waals surface area contributed by atoms with Gasteiger partial charge in [0.15, 0.2) is 0 Å². The van der Waals surface area contributed by atoms with Crippen LogP contribution in [0, 0.1) is 6.92 Å². The van der Waals surface area contributed by atoms with Gasteiger partial charge in [0.05, 0.1) is 11.9 Å². The Morgan fingerprint density at radius 3 is 2.19 bits per heavy atom. The lowest BCUT2D eigenvalue weighted by Gasteiger charge is -2.31. The molecule has 2 amide bonds. The first-order valence-electron chi connectivity index (χ1n) is 10.4. The van der Waals surface area contributed by atoms with E-state index in [0.717, 1.165) is 32.6 Å². The molecule has 1 atom stereocenters. The molecule has 0 saturated heterocycles. The zero-order valence-corrected chi connectivity index (χ0v) is 21.2. The lowest BCUT2D eigenvalue weighted by molar-refractivity contribution is -0.139. The summed E-state index contributed by atoms with van der Waals surface area (Å²) in [5.41, 5.74) is 2.21. The number of hydrogen-bond acceptors (Lipinski definition) is 4. The second-order valence-corrected chi connectivity index (χ2v) is 10.5. The summed E-state index contributed by atoms with van der Waals surface area (Å²) in [5.74, 6) is -0.739. The highest BCUT2D eigenvalue weighted by Gasteiger charge is 2.29. The monoisotopic (exact) mass is 523 g/mol. The smallest absolute Gasteiger partial charge is 0.244 e. The number of anilines is 1. The highest BCUT2D eigenvalue weighted by atomic mass is 79.9. The Hall–Kier alpha value is -2.39. The summed E-state index contributed by atoms with van der Waals surface area (Å²) in [6.45, 7) is 5.78. The summed E-state index contributed by atoms with van der Waals surface area (Å²) in [5, 5.41) is 2.81. The second-order valence-electron chi connectivity index (χ2n) is 7.72. The zero-order chi connectivity index (χ0) is 23.9. The first-order chi connectivity index (χ1) is 15.0. The van der Waals surface area contributed by atoms with Crippen LogP contribution in [-0.4, -0.2) is 50.5 Å². The third-order valence-corrected chi connectivity index (χ3v) is 6.65. The molecule has 2 aromatic carbocycles. The van der Waals surface area contributed by atoms with Crippen molar-refractivity contribution in [1.29, 1.82) is 0 Å². The van der Waals surface area contributed by atoms with Crippen LogP contribution in [-0.2, 0) is 26.2 Å². The van der Waals surface area contributed by atoms with E-state index in [1.165, 1.54) is 4.90 Å². The summed E-state index contributed by atoms with van der Waals surface area (Å²) < 4.78 is 26.9. The van der Waals surface area contributed by atoms with Gasteiger partial charge in [0.2, 0.25) is 21.8 Å². The van der Waals surface area contributed by atoms with Gasteiger partial charge < -0.3 is 10.2 Å². The molecule has 0 aliphatic carbocycles.